The number of nitrogens with zero attached hydrogens (tertiary/aromatic N) is 1. The van der Waals surface area contributed by atoms with Crippen molar-refractivity contribution in [3.63, 3.8) is 0 Å². The normalized spacial score (nSPS) is 16.0. The van der Waals surface area contributed by atoms with Gasteiger partial charge in [0.1, 0.15) is 10.7 Å². The molecule has 1 aliphatic heterocycles. The molecule has 0 atom stereocenters. The number of anilines is 1. The fourth-order valence-electron chi connectivity index (χ4n) is 1.10. The number of aromatic nitrogens is 1. The third kappa shape index (κ3) is 2.21. The SMILES string of the molecule is Nc1ccc(C(=O)O)nc1SC1COC1. The van der Waals surface area contributed by atoms with E-state index in [2.05, 4.69) is 4.98 Å². The number of pyridine rings is 1. The minimum absolute atomic E-state index is 0.0203. The summed E-state index contributed by atoms with van der Waals surface area (Å²) in [6, 6.07) is 2.97. The van der Waals surface area contributed by atoms with Gasteiger partial charge in [0.15, 0.2) is 0 Å². The summed E-state index contributed by atoms with van der Waals surface area (Å²) in [5.74, 6) is -1.04. The molecule has 3 N–H and O–H groups in total. The highest BCUT2D eigenvalue weighted by molar-refractivity contribution is 8.00. The molecule has 1 aliphatic rings. The van der Waals surface area contributed by atoms with Gasteiger partial charge in [-0.15, -0.1) is 0 Å². The average molecular weight is 226 g/mol. The van der Waals surface area contributed by atoms with Gasteiger partial charge in [0.2, 0.25) is 0 Å². The third-order valence-corrected chi connectivity index (χ3v) is 3.15. The van der Waals surface area contributed by atoms with E-state index in [9.17, 15) is 4.79 Å². The highest BCUT2D eigenvalue weighted by Crippen LogP contribution is 2.30. The maximum absolute atomic E-state index is 10.7. The predicted molar refractivity (Wildman–Crippen MR) is 56.1 cm³/mol. The number of hydrogen-bond donors (Lipinski definition) is 2. The van der Waals surface area contributed by atoms with Crippen LogP contribution < -0.4 is 5.73 Å². The number of aromatic carboxylic acids is 1. The van der Waals surface area contributed by atoms with Crippen LogP contribution in [-0.2, 0) is 4.74 Å². The van der Waals surface area contributed by atoms with Crippen LogP contribution in [0.5, 0.6) is 0 Å². The van der Waals surface area contributed by atoms with Crippen molar-refractivity contribution in [2.24, 2.45) is 0 Å². The molecule has 0 saturated carbocycles. The lowest BCUT2D eigenvalue weighted by Crippen LogP contribution is -2.30. The summed E-state index contributed by atoms with van der Waals surface area (Å²) in [6.45, 7) is 1.34. The van der Waals surface area contributed by atoms with Crippen molar-refractivity contribution in [2.45, 2.75) is 10.3 Å². The summed E-state index contributed by atoms with van der Waals surface area (Å²) in [5, 5.41) is 9.68. The van der Waals surface area contributed by atoms with Crippen LogP contribution in [0.3, 0.4) is 0 Å². The van der Waals surface area contributed by atoms with Crippen LogP contribution in [0.15, 0.2) is 17.2 Å². The summed E-state index contributed by atoms with van der Waals surface area (Å²) in [4.78, 5) is 14.7. The Balaban J connectivity index is 2.19. The first-order valence-electron chi connectivity index (χ1n) is 4.41. The molecule has 1 saturated heterocycles. The van der Waals surface area contributed by atoms with Gasteiger partial charge in [-0.05, 0) is 12.1 Å². The zero-order chi connectivity index (χ0) is 10.8. The van der Waals surface area contributed by atoms with Gasteiger partial charge < -0.3 is 15.6 Å². The second-order valence-corrected chi connectivity index (χ2v) is 4.46. The Hall–Kier alpha value is -1.27. The maximum atomic E-state index is 10.7. The molecule has 0 aromatic carbocycles. The summed E-state index contributed by atoms with van der Waals surface area (Å²) in [6.07, 6.45) is 0. The van der Waals surface area contributed by atoms with Gasteiger partial charge in [0, 0.05) is 0 Å². The van der Waals surface area contributed by atoms with E-state index in [0.717, 1.165) is 0 Å². The largest absolute Gasteiger partial charge is 0.477 e. The van der Waals surface area contributed by atoms with Crippen LogP contribution in [0, 0.1) is 0 Å². The van der Waals surface area contributed by atoms with Crippen LogP contribution in [-0.4, -0.2) is 34.5 Å². The van der Waals surface area contributed by atoms with Gasteiger partial charge in [-0.1, -0.05) is 11.8 Å². The molecular formula is C9H10N2O3S. The molecule has 6 heteroatoms. The number of carbonyl (C=O) groups is 1. The molecule has 0 amide bonds. The van der Waals surface area contributed by atoms with Gasteiger partial charge in [-0.2, -0.15) is 0 Å². The van der Waals surface area contributed by atoms with E-state index in [1.54, 1.807) is 6.07 Å². The number of nitrogens with two attached hydrogens (primary N) is 1. The van der Waals surface area contributed by atoms with Gasteiger partial charge in [0.25, 0.3) is 0 Å². The van der Waals surface area contributed by atoms with Crippen molar-refractivity contribution in [3.05, 3.63) is 17.8 Å². The number of nitrogen functional groups attached to an aromatic ring is 1. The fourth-order valence-corrected chi connectivity index (χ4v) is 2.10. The second-order valence-electron chi connectivity index (χ2n) is 3.17. The van der Waals surface area contributed by atoms with Crippen molar-refractivity contribution < 1.29 is 14.6 Å². The molecule has 0 unspecified atom stereocenters. The van der Waals surface area contributed by atoms with Crippen LogP contribution in [0.2, 0.25) is 0 Å². The van der Waals surface area contributed by atoms with Crippen molar-refractivity contribution >= 4 is 23.4 Å². The van der Waals surface area contributed by atoms with Gasteiger partial charge in [-0.3, -0.25) is 0 Å². The van der Waals surface area contributed by atoms with Crippen LogP contribution >= 0.6 is 11.8 Å². The molecule has 0 spiro atoms. The molecule has 0 radical (unpaired) electrons. The van der Waals surface area contributed by atoms with Crippen molar-refractivity contribution in [2.75, 3.05) is 18.9 Å². The molecule has 2 heterocycles. The van der Waals surface area contributed by atoms with Crippen molar-refractivity contribution in [3.8, 4) is 0 Å². The summed E-state index contributed by atoms with van der Waals surface area (Å²) in [7, 11) is 0. The fraction of sp³-hybridized carbons (Fsp3) is 0.333. The Morgan fingerprint density at radius 1 is 1.60 bits per heavy atom. The van der Waals surface area contributed by atoms with E-state index in [-0.39, 0.29) is 5.69 Å². The molecule has 0 aliphatic carbocycles. The first kappa shape index (κ1) is 10.3. The number of ether oxygens (including phenoxy) is 1. The number of carboxylic acids is 1. The summed E-state index contributed by atoms with van der Waals surface area (Å²) >= 11 is 1.46. The number of rotatable bonds is 3. The van der Waals surface area contributed by atoms with E-state index >= 15 is 0 Å². The third-order valence-electron chi connectivity index (χ3n) is 1.99. The predicted octanol–water partition coefficient (Wildman–Crippen LogP) is 0.853. The molecule has 0 bridgehead atoms. The van der Waals surface area contributed by atoms with Gasteiger partial charge in [0.05, 0.1) is 24.2 Å². The Labute approximate surface area is 90.6 Å². The van der Waals surface area contributed by atoms with Crippen LogP contribution in [0.25, 0.3) is 0 Å². The van der Waals surface area contributed by atoms with Crippen LogP contribution in [0.1, 0.15) is 10.5 Å². The number of thioether (sulfide) groups is 1. The van der Waals surface area contributed by atoms with Gasteiger partial charge >= 0.3 is 5.97 Å². The number of carboxylic acid groups (broad SMARTS) is 1. The average Bonchev–Trinajstić information content (AvgIpc) is 2.13. The highest BCUT2D eigenvalue weighted by atomic mass is 32.2. The highest BCUT2D eigenvalue weighted by Gasteiger charge is 2.22. The Bertz CT molecular complexity index is 393. The maximum Gasteiger partial charge on any atom is 0.354 e. The van der Waals surface area contributed by atoms with Crippen molar-refractivity contribution in [1.29, 1.82) is 0 Å². The molecule has 2 rings (SSSR count). The van der Waals surface area contributed by atoms with Crippen LogP contribution in [0.4, 0.5) is 5.69 Å². The first-order valence-corrected chi connectivity index (χ1v) is 5.29. The van der Waals surface area contributed by atoms with E-state index in [1.807, 2.05) is 0 Å². The van der Waals surface area contributed by atoms with E-state index in [1.165, 1.54) is 17.8 Å². The molecule has 15 heavy (non-hydrogen) atoms. The van der Waals surface area contributed by atoms with E-state index < -0.39 is 5.97 Å². The zero-order valence-electron chi connectivity index (χ0n) is 7.84. The Morgan fingerprint density at radius 3 is 2.87 bits per heavy atom. The lowest BCUT2D eigenvalue weighted by atomic mass is 10.3. The van der Waals surface area contributed by atoms with E-state index in [4.69, 9.17) is 15.6 Å². The Morgan fingerprint density at radius 2 is 2.33 bits per heavy atom. The zero-order valence-corrected chi connectivity index (χ0v) is 8.66. The van der Waals surface area contributed by atoms with Crippen molar-refractivity contribution in [1.82, 2.24) is 4.98 Å². The van der Waals surface area contributed by atoms with Gasteiger partial charge in [-0.25, -0.2) is 9.78 Å². The molecular weight excluding hydrogens is 216 g/mol. The molecule has 1 fully saturated rings. The topological polar surface area (TPSA) is 85.4 Å². The standard InChI is InChI=1S/C9H10N2O3S/c10-6-1-2-7(9(12)13)11-8(6)15-5-3-14-4-5/h1-2,5H,3-4,10H2,(H,12,13). The quantitative estimate of drug-likeness (QED) is 0.794. The number of hydrogen-bond acceptors (Lipinski definition) is 5. The molecule has 1 aromatic heterocycles. The minimum atomic E-state index is -1.04. The second kappa shape index (κ2) is 4.08. The lowest BCUT2D eigenvalue weighted by molar-refractivity contribution is 0.0455. The smallest absolute Gasteiger partial charge is 0.354 e. The molecule has 5 nitrogen and oxygen atoms in total. The monoisotopic (exact) mass is 226 g/mol. The Kier molecular flexibility index (Phi) is 2.79. The van der Waals surface area contributed by atoms with E-state index in [0.29, 0.717) is 29.2 Å². The minimum Gasteiger partial charge on any atom is -0.477 e. The molecule has 80 valence electrons. The summed E-state index contributed by atoms with van der Waals surface area (Å²) < 4.78 is 5.02. The first-order chi connectivity index (χ1) is 7.16. The molecule has 1 aromatic rings. The lowest BCUT2D eigenvalue weighted by Gasteiger charge is -2.25. The summed E-state index contributed by atoms with van der Waals surface area (Å²) in [5.41, 5.74) is 6.23.